The molecule has 0 saturated carbocycles. The van der Waals surface area contributed by atoms with Gasteiger partial charge in [0.1, 0.15) is 0 Å². The van der Waals surface area contributed by atoms with Crippen LogP contribution in [0.4, 0.5) is 0 Å². The highest BCUT2D eigenvalue weighted by molar-refractivity contribution is 9.10. The first-order valence-electron chi connectivity index (χ1n) is 7.11. The molecule has 0 spiro atoms. The topological polar surface area (TPSA) is 57.1 Å². The van der Waals surface area contributed by atoms with Crippen molar-refractivity contribution >= 4 is 33.9 Å². The van der Waals surface area contributed by atoms with E-state index in [-0.39, 0.29) is 11.6 Å². The summed E-state index contributed by atoms with van der Waals surface area (Å²) in [5, 5.41) is 0. The summed E-state index contributed by atoms with van der Waals surface area (Å²) in [6.07, 6.45) is 1.68. The molecule has 0 aliphatic carbocycles. The van der Waals surface area contributed by atoms with Gasteiger partial charge in [0.2, 0.25) is 5.90 Å². The fraction of sp³-hybridized carbons (Fsp3) is 0.111. The van der Waals surface area contributed by atoms with Crippen LogP contribution in [0.5, 0.6) is 11.5 Å². The van der Waals surface area contributed by atoms with Crippen LogP contribution in [-0.2, 0) is 9.53 Å². The summed E-state index contributed by atoms with van der Waals surface area (Å²) in [5.74, 6) is 0.885. The van der Waals surface area contributed by atoms with Crippen molar-refractivity contribution in [3.8, 4) is 11.5 Å². The van der Waals surface area contributed by atoms with E-state index in [9.17, 15) is 4.79 Å². The third-order valence-electron chi connectivity index (χ3n) is 3.40. The SMILES string of the molecule is COc1ccc(C2=N/C(=C/c3cccc(Br)c3)C(=O)O2)cc1OC. The lowest BCUT2D eigenvalue weighted by atomic mass is 10.2. The number of esters is 1. The van der Waals surface area contributed by atoms with Crippen molar-refractivity contribution in [1.82, 2.24) is 0 Å². The molecule has 0 bridgehead atoms. The van der Waals surface area contributed by atoms with Crippen molar-refractivity contribution in [1.29, 1.82) is 0 Å². The van der Waals surface area contributed by atoms with Crippen LogP contribution in [0.3, 0.4) is 0 Å². The zero-order valence-corrected chi connectivity index (χ0v) is 14.7. The van der Waals surface area contributed by atoms with Gasteiger partial charge in [-0.05, 0) is 42.0 Å². The lowest BCUT2D eigenvalue weighted by molar-refractivity contribution is -0.129. The van der Waals surface area contributed by atoms with Gasteiger partial charge >= 0.3 is 5.97 Å². The average Bonchev–Trinajstić information content (AvgIpc) is 2.95. The monoisotopic (exact) mass is 387 g/mol. The van der Waals surface area contributed by atoms with Crippen molar-refractivity contribution in [2.75, 3.05) is 14.2 Å². The van der Waals surface area contributed by atoms with Crippen LogP contribution < -0.4 is 9.47 Å². The van der Waals surface area contributed by atoms with Gasteiger partial charge in [-0.25, -0.2) is 9.79 Å². The Morgan fingerprint density at radius 3 is 2.58 bits per heavy atom. The number of aliphatic imine (C=N–C) groups is 1. The van der Waals surface area contributed by atoms with E-state index in [1.165, 1.54) is 0 Å². The van der Waals surface area contributed by atoms with E-state index in [1.807, 2.05) is 24.3 Å². The number of halogens is 1. The Bertz CT molecular complexity index is 858. The molecule has 0 fully saturated rings. The molecule has 6 heteroatoms. The Morgan fingerprint density at radius 2 is 1.88 bits per heavy atom. The third kappa shape index (κ3) is 3.33. The van der Waals surface area contributed by atoms with Crippen LogP contribution in [0.1, 0.15) is 11.1 Å². The van der Waals surface area contributed by atoms with Crippen molar-refractivity contribution in [2.24, 2.45) is 4.99 Å². The molecule has 0 amide bonds. The molecule has 0 N–H and O–H groups in total. The smallest absolute Gasteiger partial charge is 0.363 e. The Balaban J connectivity index is 1.94. The predicted molar refractivity (Wildman–Crippen MR) is 94.3 cm³/mol. The highest BCUT2D eigenvalue weighted by atomic mass is 79.9. The number of benzene rings is 2. The first-order chi connectivity index (χ1) is 11.6. The molecule has 2 aromatic carbocycles. The minimum absolute atomic E-state index is 0.238. The Kier molecular flexibility index (Phi) is 4.66. The second kappa shape index (κ2) is 6.88. The number of carbonyl (C=O) groups excluding carboxylic acids is 1. The standard InChI is InChI=1S/C18H14BrNO4/c1-22-15-7-6-12(10-16(15)23-2)17-20-14(18(21)24-17)9-11-4-3-5-13(19)8-11/h3-10H,1-2H3/b14-9+. The fourth-order valence-corrected chi connectivity index (χ4v) is 2.67. The highest BCUT2D eigenvalue weighted by Crippen LogP contribution is 2.29. The van der Waals surface area contributed by atoms with Gasteiger partial charge in [0, 0.05) is 10.0 Å². The first kappa shape index (κ1) is 16.3. The van der Waals surface area contributed by atoms with Crippen LogP contribution in [0, 0.1) is 0 Å². The number of carbonyl (C=O) groups is 1. The zero-order chi connectivity index (χ0) is 17.1. The maximum absolute atomic E-state index is 12.1. The second-order valence-corrected chi connectivity index (χ2v) is 5.88. The predicted octanol–water partition coefficient (Wildman–Crippen LogP) is 3.81. The van der Waals surface area contributed by atoms with Crippen LogP contribution in [0.2, 0.25) is 0 Å². The van der Waals surface area contributed by atoms with Crippen LogP contribution in [-0.4, -0.2) is 26.1 Å². The molecule has 2 aromatic rings. The molecule has 0 saturated heterocycles. The van der Waals surface area contributed by atoms with Gasteiger partial charge in [0.25, 0.3) is 0 Å². The van der Waals surface area contributed by atoms with Gasteiger partial charge in [-0.2, -0.15) is 0 Å². The van der Waals surface area contributed by atoms with E-state index in [0.29, 0.717) is 17.1 Å². The minimum Gasteiger partial charge on any atom is -0.493 e. The Hall–Kier alpha value is -2.60. The molecule has 122 valence electrons. The molecule has 0 radical (unpaired) electrons. The lowest BCUT2D eigenvalue weighted by Gasteiger charge is -2.08. The van der Waals surface area contributed by atoms with E-state index >= 15 is 0 Å². The molecular formula is C18H14BrNO4. The molecule has 5 nitrogen and oxygen atoms in total. The number of hydrogen-bond acceptors (Lipinski definition) is 5. The number of rotatable bonds is 4. The summed E-state index contributed by atoms with van der Waals surface area (Å²) in [6.45, 7) is 0. The summed E-state index contributed by atoms with van der Waals surface area (Å²) in [6, 6.07) is 12.8. The van der Waals surface area contributed by atoms with Crippen molar-refractivity contribution in [3.63, 3.8) is 0 Å². The molecule has 0 unspecified atom stereocenters. The van der Waals surface area contributed by atoms with Gasteiger partial charge < -0.3 is 14.2 Å². The van der Waals surface area contributed by atoms with Crippen LogP contribution in [0.25, 0.3) is 6.08 Å². The maximum Gasteiger partial charge on any atom is 0.363 e. The minimum atomic E-state index is -0.486. The van der Waals surface area contributed by atoms with E-state index in [1.54, 1.807) is 38.5 Å². The molecule has 1 aliphatic heterocycles. The van der Waals surface area contributed by atoms with Crippen molar-refractivity contribution < 1.29 is 19.0 Å². The number of hydrogen-bond donors (Lipinski definition) is 0. The van der Waals surface area contributed by atoms with Crippen LogP contribution in [0.15, 0.2) is 57.6 Å². The lowest BCUT2D eigenvalue weighted by Crippen LogP contribution is -2.05. The molecule has 0 aromatic heterocycles. The Morgan fingerprint density at radius 1 is 1.08 bits per heavy atom. The first-order valence-corrected chi connectivity index (χ1v) is 7.90. The number of ether oxygens (including phenoxy) is 3. The van der Waals surface area contributed by atoms with Gasteiger partial charge in [-0.1, -0.05) is 28.1 Å². The zero-order valence-electron chi connectivity index (χ0n) is 13.1. The number of methoxy groups -OCH3 is 2. The van der Waals surface area contributed by atoms with Crippen molar-refractivity contribution in [3.05, 3.63) is 63.8 Å². The van der Waals surface area contributed by atoms with E-state index in [2.05, 4.69) is 20.9 Å². The molecule has 0 atom stereocenters. The van der Waals surface area contributed by atoms with Gasteiger partial charge in [-0.3, -0.25) is 0 Å². The fourth-order valence-electron chi connectivity index (χ4n) is 2.26. The average molecular weight is 388 g/mol. The van der Waals surface area contributed by atoms with Gasteiger partial charge in [-0.15, -0.1) is 0 Å². The quantitative estimate of drug-likeness (QED) is 0.591. The van der Waals surface area contributed by atoms with Crippen molar-refractivity contribution in [2.45, 2.75) is 0 Å². The molecule has 24 heavy (non-hydrogen) atoms. The number of nitrogens with zero attached hydrogens (tertiary/aromatic N) is 1. The van der Waals surface area contributed by atoms with Crippen LogP contribution >= 0.6 is 15.9 Å². The number of cyclic esters (lactones) is 1. The molecule has 3 rings (SSSR count). The summed E-state index contributed by atoms with van der Waals surface area (Å²) in [4.78, 5) is 16.3. The summed E-state index contributed by atoms with van der Waals surface area (Å²) in [5.41, 5.74) is 1.74. The Labute approximate surface area is 147 Å². The van der Waals surface area contributed by atoms with E-state index in [0.717, 1.165) is 10.0 Å². The van der Waals surface area contributed by atoms with Gasteiger partial charge in [0.05, 0.1) is 14.2 Å². The normalized spacial score (nSPS) is 15.2. The largest absolute Gasteiger partial charge is 0.493 e. The second-order valence-electron chi connectivity index (χ2n) is 4.96. The van der Waals surface area contributed by atoms with E-state index < -0.39 is 5.97 Å². The van der Waals surface area contributed by atoms with E-state index in [4.69, 9.17) is 14.2 Å². The summed E-state index contributed by atoms with van der Waals surface area (Å²) < 4.78 is 16.7. The van der Waals surface area contributed by atoms with Gasteiger partial charge in [0.15, 0.2) is 17.2 Å². The molecule has 1 aliphatic rings. The summed E-state index contributed by atoms with van der Waals surface area (Å²) >= 11 is 3.40. The third-order valence-corrected chi connectivity index (χ3v) is 3.90. The molecular weight excluding hydrogens is 374 g/mol. The maximum atomic E-state index is 12.1. The molecule has 1 heterocycles. The highest BCUT2D eigenvalue weighted by Gasteiger charge is 2.25. The summed E-state index contributed by atoms with van der Waals surface area (Å²) in [7, 11) is 3.10.